The second kappa shape index (κ2) is 9.17. The van der Waals surface area contributed by atoms with E-state index in [2.05, 4.69) is 5.32 Å². The average molecular weight is 410 g/mol. The fourth-order valence-corrected chi connectivity index (χ4v) is 2.79. The highest BCUT2D eigenvalue weighted by atomic mass is 35.5. The molecular formula is C23H17ClFNO3. The molecular weight excluding hydrogens is 393 g/mol. The van der Waals surface area contributed by atoms with Crippen molar-refractivity contribution < 1.29 is 18.7 Å². The van der Waals surface area contributed by atoms with E-state index in [1.807, 2.05) is 0 Å². The molecule has 0 unspecified atom stereocenters. The largest absolute Gasteiger partial charge is 0.496 e. The van der Waals surface area contributed by atoms with E-state index in [0.717, 1.165) is 5.56 Å². The van der Waals surface area contributed by atoms with Gasteiger partial charge in [0.2, 0.25) is 0 Å². The van der Waals surface area contributed by atoms with Gasteiger partial charge in [-0.05, 0) is 66.2 Å². The van der Waals surface area contributed by atoms with Crippen LogP contribution in [0.15, 0.2) is 72.8 Å². The molecule has 1 N–H and O–H groups in total. The minimum Gasteiger partial charge on any atom is -0.496 e. The molecule has 0 aliphatic rings. The van der Waals surface area contributed by atoms with Crippen LogP contribution in [0.2, 0.25) is 5.02 Å². The maximum Gasteiger partial charge on any atom is 0.259 e. The van der Waals surface area contributed by atoms with Gasteiger partial charge < -0.3 is 10.1 Å². The molecule has 3 aromatic carbocycles. The molecule has 0 aliphatic carbocycles. The minimum atomic E-state index is -0.375. The fraction of sp³-hybridized carbons (Fsp3) is 0.0435. The lowest BCUT2D eigenvalue weighted by molar-refractivity contribution is 0.102. The van der Waals surface area contributed by atoms with Crippen molar-refractivity contribution in [3.63, 3.8) is 0 Å². The molecule has 0 bridgehead atoms. The van der Waals surface area contributed by atoms with Gasteiger partial charge in [-0.2, -0.15) is 0 Å². The summed E-state index contributed by atoms with van der Waals surface area (Å²) in [7, 11) is 1.47. The van der Waals surface area contributed by atoms with Gasteiger partial charge in [-0.1, -0.05) is 29.8 Å². The van der Waals surface area contributed by atoms with Crippen LogP contribution in [0, 0.1) is 5.82 Å². The summed E-state index contributed by atoms with van der Waals surface area (Å²) in [5.74, 6) is -0.505. The predicted octanol–water partition coefficient (Wildman–Crippen LogP) is 5.64. The first-order chi connectivity index (χ1) is 14.0. The smallest absolute Gasteiger partial charge is 0.259 e. The molecule has 146 valence electrons. The highest BCUT2D eigenvalue weighted by Gasteiger charge is 2.13. The van der Waals surface area contributed by atoms with Crippen molar-refractivity contribution in [1.29, 1.82) is 0 Å². The highest BCUT2D eigenvalue weighted by Crippen LogP contribution is 2.24. The Bertz CT molecular complexity index is 1060. The van der Waals surface area contributed by atoms with Crippen molar-refractivity contribution in [1.82, 2.24) is 0 Å². The zero-order valence-electron chi connectivity index (χ0n) is 15.5. The van der Waals surface area contributed by atoms with E-state index in [1.165, 1.54) is 31.4 Å². The first-order valence-corrected chi connectivity index (χ1v) is 9.07. The molecule has 29 heavy (non-hydrogen) atoms. The Hall–Kier alpha value is -3.44. The maximum absolute atomic E-state index is 12.9. The van der Waals surface area contributed by atoms with E-state index in [1.54, 1.807) is 54.6 Å². The molecule has 3 rings (SSSR count). The van der Waals surface area contributed by atoms with Crippen LogP contribution in [0.4, 0.5) is 10.1 Å². The molecule has 6 heteroatoms. The standard InChI is InChI=1S/C23H17ClFNO3/c1-29-22-13-7-17(24)14-20(22)23(28)26-19-10-5-16(6-11-19)21(27)12-4-15-2-8-18(25)9-3-15/h2-14H,1H3,(H,26,28)/b12-4+. The maximum atomic E-state index is 12.9. The van der Waals surface area contributed by atoms with Gasteiger partial charge >= 0.3 is 0 Å². The number of anilines is 1. The Labute approximate surface area is 172 Å². The zero-order valence-corrected chi connectivity index (χ0v) is 16.2. The Kier molecular flexibility index (Phi) is 6.42. The van der Waals surface area contributed by atoms with E-state index in [9.17, 15) is 14.0 Å². The van der Waals surface area contributed by atoms with Crippen molar-refractivity contribution in [2.75, 3.05) is 12.4 Å². The number of halogens is 2. The topological polar surface area (TPSA) is 55.4 Å². The monoisotopic (exact) mass is 409 g/mol. The average Bonchev–Trinajstić information content (AvgIpc) is 2.73. The third-order valence-electron chi connectivity index (χ3n) is 4.13. The first-order valence-electron chi connectivity index (χ1n) is 8.69. The lowest BCUT2D eigenvalue weighted by Crippen LogP contribution is -2.13. The van der Waals surface area contributed by atoms with Crippen LogP contribution in [-0.2, 0) is 0 Å². The normalized spacial score (nSPS) is 10.7. The SMILES string of the molecule is COc1ccc(Cl)cc1C(=O)Nc1ccc(C(=O)/C=C/c2ccc(F)cc2)cc1. The highest BCUT2D eigenvalue weighted by molar-refractivity contribution is 6.31. The van der Waals surface area contributed by atoms with Gasteiger partial charge in [0.05, 0.1) is 12.7 Å². The van der Waals surface area contributed by atoms with Crippen LogP contribution in [0.1, 0.15) is 26.3 Å². The summed E-state index contributed by atoms with van der Waals surface area (Å²) in [5, 5.41) is 3.17. The number of ketones is 1. The summed E-state index contributed by atoms with van der Waals surface area (Å²) < 4.78 is 18.1. The number of hydrogen-bond acceptors (Lipinski definition) is 3. The summed E-state index contributed by atoms with van der Waals surface area (Å²) in [4.78, 5) is 24.8. The Morgan fingerprint density at radius 1 is 1.00 bits per heavy atom. The second-order valence-corrected chi connectivity index (χ2v) is 6.56. The van der Waals surface area contributed by atoms with Crippen molar-refractivity contribution in [3.05, 3.63) is 100 Å². The molecule has 0 atom stereocenters. The van der Waals surface area contributed by atoms with Gasteiger partial charge in [-0.25, -0.2) is 4.39 Å². The fourth-order valence-electron chi connectivity index (χ4n) is 2.62. The van der Waals surface area contributed by atoms with Crippen molar-refractivity contribution in [2.24, 2.45) is 0 Å². The quantitative estimate of drug-likeness (QED) is 0.423. The zero-order chi connectivity index (χ0) is 20.8. The number of amides is 1. The molecule has 0 aromatic heterocycles. The molecule has 0 saturated carbocycles. The van der Waals surface area contributed by atoms with Gasteiger partial charge in [0.15, 0.2) is 5.78 Å². The van der Waals surface area contributed by atoms with Crippen LogP contribution in [0.25, 0.3) is 6.08 Å². The van der Waals surface area contributed by atoms with Crippen LogP contribution in [0.5, 0.6) is 5.75 Å². The van der Waals surface area contributed by atoms with E-state index in [-0.39, 0.29) is 17.5 Å². The molecule has 0 spiro atoms. The van der Waals surface area contributed by atoms with Crippen molar-refractivity contribution >= 4 is 35.1 Å². The number of carbonyl (C=O) groups is 2. The Balaban J connectivity index is 1.68. The summed E-state index contributed by atoms with van der Waals surface area (Å²) in [6.45, 7) is 0. The van der Waals surface area contributed by atoms with Gasteiger partial charge in [0.25, 0.3) is 5.91 Å². The Morgan fingerprint density at radius 3 is 2.34 bits per heavy atom. The van der Waals surface area contributed by atoms with Crippen molar-refractivity contribution in [2.45, 2.75) is 0 Å². The lowest BCUT2D eigenvalue weighted by atomic mass is 10.1. The van der Waals surface area contributed by atoms with Gasteiger partial charge in [0, 0.05) is 16.3 Å². The predicted molar refractivity (Wildman–Crippen MR) is 112 cm³/mol. The Morgan fingerprint density at radius 2 is 1.69 bits per heavy atom. The van der Waals surface area contributed by atoms with E-state index in [0.29, 0.717) is 27.6 Å². The molecule has 3 aromatic rings. The number of allylic oxidation sites excluding steroid dienone is 1. The van der Waals surface area contributed by atoms with Crippen molar-refractivity contribution in [3.8, 4) is 5.75 Å². The molecule has 0 fully saturated rings. The lowest BCUT2D eigenvalue weighted by Gasteiger charge is -2.10. The summed E-state index contributed by atoms with van der Waals surface area (Å²) in [6.07, 6.45) is 3.03. The summed E-state index contributed by atoms with van der Waals surface area (Å²) >= 11 is 5.96. The van der Waals surface area contributed by atoms with Gasteiger partial charge in [-0.3, -0.25) is 9.59 Å². The number of methoxy groups -OCH3 is 1. The molecule has 1 amide bonds. The first kappa shape index (κ1) is 20.3. The number of hydrogen-bond donors (Lipinski definition) is 1. The van der Waals surface area contributed by atoms with E-state index in [4.69, 9.17) is 16.3 Å². The van der Waals surface area contributed by atoms with Crippen LogP contribution in [0.3, 0.4) is 0 Å². The minimum absolute atomic E-state index is 0.205. The van der Waals surface area contributed by atoms with Crippen LogP contribution in [-0.4, -0.2) is 18.8 Å². The third kappa shape index (κ3) is 5.30. The molecule has 0 aliphatic heterocycles. The number of benzene rings is 3. The third-order valence-corrected chi connectivity index (χ3v) is 4.37. The second-order valence-electron chi connectivity index (χ2n) is 6.13. The van der Waals surface area contributed by atoms with Gasteiger partial charge in [0.1, 0.15) is 11.6 Å². The van der Waals surface area contributed by atoms with Gasteiger partial charge in [-0.15, -0.1) is 0 Å². The molecule has 0 radical (unpaired) electrons. The number of rotatable bonds is 6. The summed E-state index contributed by atoms with van der Waals surface area (Å²) in [5.41, 5.74) is 2.01. The number of nitrogens with one attached hydrogen (secondary N) is 1. The van der Waals surface area contributed by atoms with E-state index < -0.39 is 0 Å². The van der Waals surface area contributed by atoms with Crippen LogP contribution < -0.4 is 10.1 Å². The number of carbonyl (C=O) groups excluding carboxylic acids is 2. The molecule has 4 nitrogen and oxygen atoms in total. The molecule has 0 saturated heterocycles. The summed E-state index contributed by atoms with van der Waals surface area (Å²) in [6, 6.07) is 17.1. The molecule has 0 heterocycles. The number of ether oxygens (including phenoxy) is 1. The van der Waals surface area contributed by atoms with Crippen LogP contribution >= 0.6 is 11.6 Å². The van der Waals surface area contributed by atoms with E-state index >= 15 is 0 Å².